The van der Waals surface area contributed by atoms with Crippen molar-refractivity contribution in [1.82, 2.24) is 5.32 Å². The zero-order valence-corrected chi connectivity index (χ0v) is 12.4. The summed E-state index contributed by atoms with van der Waals surface area (Å²) in [4.78, 5) is 23.7. The maximum atomic E-state index is 12.1. The Hall–Kier alpha value is -1.78. The van der Waals surface area contributed by atoms with Crippen molar-refractivity contribution in [2.45, 2.75) is 57.4 Å². The predicted molar refractivity (Wildman–Crippen MR) is 77.8 cm³/mol. The van der Waals surface area contributed by atoms with Crippen LogP contribution in [0.1, 0.15) is 51.0 Å². The number of hydrogen-bond acceptors (Lipinski definition) is 3. The first-order valence-corrected chi connectivity index (χ1v) is 7.61. The molecule has 1 aliphatic carbocycles. The lowest BCUT2D eigenvalue weighted by Gasteiger charge is -2.37. The maximum absolute atomic E-state index is 12.1. The summed E-state index contributed by atoms with van der Waals surface area (Å²) in [5.41, 5.74) is -0.122. The van der Waals surface area contributed by atoms with Gasteiger partial charge in [0.1, 0.15) is 5.54 Å². The summed E-state index contributed by atoms with van der Waals surface area (Å²) < 4.78 is 4.95. The molecule has 21 heavy (non-hydrogen) atoms. The second-order valence-electron chi connectivity index (χ2n) is 5.92. The number of aliphatic carboxylic acids is 1. The SMILES string of the molecule is CCC1CCC(NC(=O)CCc2ccoc2)(C(=O)O)CC1. The van der Waals surface area contributed by atoms with Crippen molar-refractivity contribution in [1.29, 1.82) is 0 Å². The van der Waals surface area contributed by atoms with E-state index in [1.807, 2.05) is 6.07 Å². The lowest BCUT2D eigenvalue weighted by atomic mass is 9.75. The third kappa shape index (κ3) is 3.86. The van der Waals surface area contributed by atoms with Gasteiger partial charge in [-0.3, -0.25) is 4.79 Å². The Morgan fingerprint density at radius 1 is 1.43 bits per heavy atom. The van der Waals surface area contributed by atoms with Gasteiger partial charge in [0.15, 0.2) is 0 Å². The van der Waals surface area contributed by atoms with Gasteiger partial charge in [-0.1, -0.05) is 13.3 Å². The normalized spacial score (nSPS) is 25.5. The summed E-state index contributed by atoms with van der Waals surface area (Å²) in [5.74, 6) is -0.525. The van der Waals surface area contributed by atoms with Gasteiger partial charge in [-0.2, -0.15) is 0 Å². The molecular formula is C16H23NO4. The Bertz CT molecular complexity index is 472. The molecule has 1 amide bonds. The number of carboxylic acids is 1. The minimum atomic E-state index is -1.07. The molecule has 1 aromatic rings. The van der Waals surface area contributed by atoms with Crippen LogP contribution in [-0.4, -0.2) is 22.5 Å². The lowest BCUT2D eigenvalue weighted by Crippen LogP contribution is -2.56. The van der Waals surface area contributed by atoms with Crippen LogP contribution in [0.5, 0.6) is 0 Å². The van der Waals surface area contributed by atoms with E-state index in [4.69, 9.17) is 4.42 Å². The number of hydrogen-bond donors (Lipinski definition) is 2. The number of nitrogens with one attached hydrogen (secondary N) is 1. The molecule has 0 saturated heterocycles. The Kier molecular flexibility index (Phi) is 5.04. The third-order valence-electron chi connectivity index (χ3n) is 4.54. The summed E-state index contributed by atoms with van der Waals surface area (Å²) in [6.45, 7) is 2.13. The van der Waals surface area contributed by atoms with Gasteiger partial charge in [0.05, 0.1) is 12.5 Å². The standard InChI is InChI=1S/C16H23NO4/c1-2-12-5-8-16(9-6-12,15(19)20)17-14(18)4-3-13-7-10-21-11-13/h7,10-12H,2-6,8-9H2,1H3,(H,17,18)(H,19,20). The van der Waals surface area contributed by atoms with Crippen LogP contribution in [-0.2, 0) is 16.0 Å². The van der Waals surface area contributed by atoms with Crippen molar-refractivity contribution < 1.29 is 19.1 Å². The first-order chi connectivity index (χ1) is 10.1. The molecular weight excluding hydrogens is 270 g/mol. The molecule has 1 fully saturated rings. The molecule has 0 aliphatic heterocycles. The second-order valence-corrected chi connectivity index (χ2v) is 5.92. The van der Waals surface area contributed by atoms with Crippen molar-refractivity contribution in [2.75, 3.05) is 0 Å². The van der Waals surface area contributed by atoms with E-state index in [-0.39, 0.29) is 12.3 Å². The summed E-state index contributed by atoms with van der Waals surface area (Å²) in [6.07, 6.45) is 7.88. The molecule has 1 aromatic heterocycles. The first kappa shape index (κ1) is 15.6. The highest BCUT2D eigenvalue weighted by molar-refractivity contribution is 5.87. The summed E-state index contributed by atoms with van der Waals surface area (Å²) in [6, 6.07) is 1.81. The van der Waals surface area contributed by atoms with E-state index in [9.17, 15) is 14.7 Å². The zero-order valence-electron chi connectivity index (χ0n) is 12.4. The van der Waals surface area contributed by atoms with E-state index >= 15 is 0 Å². The topological polar surface area (TPSA) is 79.5 Å². The zero-order chi connectivity index (χ0) is 15.3. The highest BCUT2D eigenvalue weighted by Gasteiger charge is 2.42. The van der Waals surface area contributed by atoms with E-state index < -0.39 is 11.5 Å². The molecule has 0 atom stereocenters. The van der Waals surface area contributed by atoms with Crippen LogP contribution in [0.25, 0.3) is 0 Å². The summed E-state index contributed by atoms with van der Waals surface area (Å²) in [7, 11) is 0. The fraction of sp³-hybridized carbons (Fsp3) is 0.625. The van der Waals surface area contributed by atoms with Crippen molar-refractivity contribution in [2.24, 2.45) is 5.92 Å². The van der Waals surface area contributed by atoms with Crippen molar-refractivity contribution in [3.05, 3.63) is 24.2 Å². The number of furan rings is 1. The third-order valence-corrected chi connectivity index (χ3v) is 4.54. The minimum absolute atomic E-state index is 0.200. The molecule has 2 rings (SSSR count). The number of carbonyl (C=O) groups is 2. The van der Waals surface area contributed by atoms with Crippen LogP contribution in [0.4, 0.5) is 0 Å². The quantitative estimate of drug-likeness (QED) is 0.845. The fourth-order valence-electron chi connectivity index (χ4n) is 2.99. The molecule has 0 spiro atoms. The maximum Gasteiger partial charge on any atom is 0.329 e. The number of amides is 1. The molecule has 5 heteroatoms. The molecule has 2 N–H and O–H groups in total. The monoisotopic (exact) mass is 293 g/mol. The molecule has 0 unspecified atom stereocenters. The second kappa shape index (κ2) is 6.78. The van der Waals surface area contributed by atoms with E-state index in [0.29, 0.717) is 25.2 Å². The molecule has 0 bridgehead atoms. The Morgan fingerprint density at radius 3 is 2.67 bits per heavy atom. The van der Waals surface area contributed by atoms with Crippen LogP contribution in [0.2, 0.25) is 0 Å². The van der Waals surface area contributed by atoms with E-state index in [1.54, 1.807) is 12.5 Å². The fourth-order valence-corrected chi connectivity index (χ4v) is 2.99. The van der Waals surface area contributed by atoms with Crippen molar-refractivity contribution in [3.8, 4) is 0 Å². The molecule has 1 aliphatic rings. The van der Waals surface area contributed by atoms with E-state index in [0.717, 1.165) is 24.8 Å². The molecule has 1 saturated carbocycles. The Balaban J connectivity index is 1.90. The molecule has 5 nitrogen and oxygen atoms in total. The van der Waals surface area contributed by atoms with Gasteiger partial charge in [-0.25, -0.2) is 4.79 Å². The average molecular weight is 293 g/mol. The van der Waals surface area contributed by atoms with Gasteiger partial charge in [-0.05, 0) is 49.7 Å². The largest absolute Gasteiger partial charge is 0.480 e. The number of aryl methyl sites for hydroxylation is 1. The molecule has 116 valence electrons. The lowest BCUT2D eigenvalue weighted by molar-refractivity contribution is -0.149. The van der Waals surface area contributed by atoms with Gasteiger partial charge < -0.3 is 14.8 Å². The average Bonchev–Trinajstić information content (AvgIpc) is 2.99. The van der Waals surface area contributed by atoms with Crippen molar-refractivity contribution >= 4 is 11.9 Å². The van der Waals surface area contributed by atoms with Crippen LogP contribution >= 0.6 is 0 Å². The van der Waals surface area contributed by atoms with Gasteiger partial charge in [0.25, 0.3) is 0 Å². The predicted octanol–water partition coefficient (Wildman–Crippen LogP) is 2.75. The number of rotatable bonds is 6. The highest BCUT2D eigenvalue weighted by atomic mass is 16.4. The summed E-state index contributed by atoms with van der Waals surface area (Å²) in [5, 5.41) is 12.3. The summed E-state index contributed by atoms with van der Waals surface area (Å²) >= 11 is 0. The van der Waals surface area contributed by atoms with Crippen LogP contribution in [0.3, 0.4) is 0 Å². The van der Waals surface area contributed by atoms with E-state index in [2.05, 4.69) is 12.2 Å². The van der Waals surface area contributed by atoms with Gasteiger partial charge in [0, 0.05) is 6.42 Å². The molecule has 0 aromatic carbocycles. The minimum Gasteiger partial charge on any atom is -0.480 e. The first-order valence-electron chi connectivity index (χ1n) is 7.61. The number of carbonyl (C=O) groups excluding carboxylic acids is 1. The highest BCUT2D eigenvalue weighted by Crippen LogP contribution is 2.34. The van der Waals surface area contributed by atoms with Gasteiger partial charge in [-0.15, -0.1) is 0 Å². The van der Waals surface area contributed by atoms with Crippen LogP contribution in [0, 0.1) is 5.92 Å². The number of carboxylic acid groups (broad SMARTS) is 1. The smallest absolute Gasteiger partial charge is 0.329 e. The molecule has 1 heterocycles. The van der Waals surface area contributed by atoms with Crippen molar-refractivity contribution in [3.63, 3.8) is 0 Å². The van der Waals surface area contributed by atoms with Crippen LogP contribution in [0.15, 0.2) is 23.0 Å². The van der Waals surface area contributed by atoms with Crippen LogP contribution < -0.4 is 5.32 Å². The molecule has 0 radical (unpaired) electrons. The Labute approximate surface area is 124 Å². The Morgan fingerprint density at radius 2 is 2.14 bits per heavy atom. The van der Waals surface area contributed by atoms with E-state index in [1.165, 1.54) is 0 Å². The van der Waals surface area contributed by atoms with Gasteiger partial charge >= 0.3 is 5.97 Å². The van der Waals surface area contributed by atoms with Gasteiger partial charge in [0.2, 0.25) is 5.91 Å².